The van der Waals surface area contributed by atoms with E-state index in [1.807, 2.05) is 0 Å². The normalized spacial score (nSPS) is 13.8. The van der Waals surface area contributed by atoms with Crippen LogP contribution in [0.1, 0.15) is 11.1 Å². The van der Waals surface area contributed by atoms with E-state index in [1.165, 1.54) is 30.5 Å². The molecule has 6 nitrogen and oxygen atoms in total. The Morgan fingerprint density at radius 3 is 2.32 bits per heavy atom. The average Bonchev–Trinajstić information content (AvgIpc) is 2.88. The quantitative estimate of drug-likeness (QED) is 0.643. The van der Waals surface area contributed by atoms with E-state index < -0.39 is 29.2 Å². The summed E-state index contributed by atoms with van der Waals surface area (Å²) in [5, 5.41) is 9.02. The van der Waals surface area contributed by atoms with Crippen LogP contribution in [0.25, 0.3) is 0 Å². The maximum absolute atomic E-state index is 13.4. The number of anilines is 1. The standard InChI is InChI=1S/C18H12BrF3N2O4/c1-27-16(25)11-5-3-4-6-24(15(11)17(26)28-2)14-8-12(18(20,21)22)10(9-23)7-13(14)19/h3-8H,1-2H3. The van der Waals surface area contributed by atoms with Gasteiger partial charge in [-0.25, -0.2) is 9.59 Å². The van der Waals surface area contributed by atoms with E-state index in [-0.39, 0.29) is 21.4 Å². The largest absolute Gasteiger partial charge is 0.465 e. The molecule has 2 rings (SSSR count). The summed E-state index contributed by atoms with van der Waals surface area (Å²) in [7, 11) is 2.16. The smallest absolute Gasteiger partial charge is 0.417 e. The second-order valence-electron chi connectivity index (χ2n) is 5.27. The van der Waals surface area contributed by atoms with E-state index >= 15 is 0 Å². The number of ether oxygens (including phenoxy) is 2. The highest BCUT2D eigenvalue weighted by Crippen LogP contribution is 2.40. The Balaban J connectivity index is 2.82. The molecule has 1 heterocycles. The Morgan fingerprint density at radius 2 is 1.79 bits per heavy atom. The number of nitriles is 1. The molecule has 0 aliphatic carbocycles. The number of rotatable bonds is 3. The predicted molar refractivity (Wildman–Crippen MR) is 95.7 cm³/mol. The molecule has 146 valence electrons. The zero-order valence-corrected chi connectivity index (χ0v) is 16.1. The van der Waals surface area contributed by atoms with Crippen LogP contribution in [0.15, 0.2) is 52.3 Å². The molecule has 1 aromatic carbocycles. The molecular formula is C18H12BrF3N2O4. The van der Waals surface area contributed by atoms with Crippen molar-refractivity contribution in [3.63, 3.8) is 0 Å². The zero-order chi connectivity index (χ0) is 21.1. The molecule has 0 saturated carbocycles. The van der Waals surface area contributed by atoms with Gasteiger partial charge in [-0.05, 0) is 40.2 Å². The lowest BCUT2D eigenvalue weighted by molar-refractivity contribution is -0.139. The molecular weight excluding hydrogens is 445 g/mol. The van der Waals surface area contributed by atoms with Crippen molar-refractivity contribution in [1.29, 1.82) is 5.26 Å². The van der Waals surface area contributed by atoms with Crippen molar-refractivity contribution < 1.29 is 32.2 Å². The fourth-order valence-electron chi connectivity index (χ4n) is 2.42. The maximum Gasteiger partial charge on any atom is 0.417 e. The number of esters is 2. The number of hydrogen-bond donors (Lipinski definition) is 0. The van der Waals surface area contributed by atoms with Gasteiger partial charge in [0.05, 0.1) is 42.7 Å². The van der Waals surface area contributed by atoms with Crippen LogP contribution in [0.3, 0.4) is 0 Å². The Labute approximate surface area is 166 Å². The summed E-state index contributed by atoms with van der Waals surface area (Å²) >= 11 is 3.12. The Morgan fingerprint density at radius 1 is 1.14 bits per heavy atom. The van der Waals surface area contributed by atoms with Crippen molar-refractivity contribution in [1.82, 2.24) is 0 Å². The molecule has 0 bridgehead atoms. The van der Waals surface area contributed by atoms with E-state index in [1.54, 1.807) is 0 Å². The molecule has 0 amide bonds. The summed E-state index contributed by atoms with van der Waals surface area (Å²) in [6.45, 7) is 0. The Bertz CT molecular complexity index is 959. The number of alkyl halides is 3. The number of benzene rings is 1. The van der Waals surface area contributed by atoms with Crippen molar-refractivity contribution >= 4 is 33.6 Å². The van der Waals surface area contributed by atoms with E-state index in [2.05, 4.69) is 20.7 Å². The molecule has 1 aliphatic heterocycles. The Kier molecular flexibility index (Phi) is 6.30. The summed E-state index contributed by atoms with van der Waals surface area (Å²) in [5.74, 6) is -1.85. The molecule has 10 heteroatoms. The molecule has 0 spiro atoms. The van der Waals surface area contributed by atoms with Gasteiger partial charge in [0, 0.05) is 10.7 Å². The molecule has 0 unspecified atom stereocenters. The van der Waals surface area contributed by atoms with Crippen LogP contribution >= 0.6 is 15.9 Å². The van der Waals surface area contributed by atoms with Crippen molar-refractivity contribution in [3.8, 4) is 6.07 Å². The van der Waals surface area contributed by atoms with Gasteiger partial charge >= 0.3 is 18.1 Å². The lowest BCUT2D eigenvalue weighted by Crippen LogP contribution is -2.27. The lowest BCUT2D eigenvalue weighted by atomic mass is 10.1. The van der Waals surface area contributed by atoms with Crippen LogP contribution in [0, 0.1) is 11.3 Å². The summed E-state index contributed by atoms with van der Waals surface area (Å²) in [6, 6.07) is 3.18. The van der Waals surface area contributed by atoms with E-state index in [4.69, 9.17) is 10.00 Å². The minimum Gasteiger partial charge on any atom is -0.465 e. The monoisotopic (exact) mass is 456 g/mol. The number of halogens is 4. The fraction of sp³-hybridized carbons (Fsp3) is 0.167. The summed E-state index contributed by atoms with van der Waals surface area (Å²) < 4.78 is 49.6. The van der Waals surface area contributed by atoms with Crippen LogP contribution in [0.2, 0.25) is 0 Å². The summed E-state index contributed by atoms with van der Waals surface area (Å²) in [4.78, 5) is 25.5. The topological polar surface area (TPSA) is 79.6 Å². The highest BCUT2D eigenvalue weighted by molar-refractivity contribution is 9.10. The predicted octanol–water partition coefficient (Wildman–Crippen LogP) is 3.83. The molecule has 0 radical (unpaired) electrons. The lowest BCUT2D eigenvalue weighted by Gasteiger charge is -2.25. The van der Waals surface area contributed by atoms with Gasteiger partial charge in [0.1, 0.15) is 5.70 Å². The van der Waals surface area contributed by atoms with Crippen LogP contribution in [0.5, 0.6) is 0 Å². The minimum absolute atomic E-state index is 0.0919. The van der Waals surface area contributed by atoms with Gasteiger partial charge in [-0.15, -0.1) is 0 Å². The molecule has 0 N–H and O–H groups in total. The average molecular weight is 457 g/mol. The van der Waals surface area contributed by atoms with Gasteiger partial charge in [-0.3, -0.25) is 0 Å². The van der Waals surface area contributed by atoms with Crippen LogP contribution in [-0.2, 0) is 25.2 Å². The first-order valence-electron chi connectivity index (χ1n) is 7.51. The number of methoxy groups -OCH3 is 2. The molecule has 1 aromatic rings. The minimum atomic E-state index is -4.81. The first-order valence-corrected chi connectivity index (χ1v) is 8.30. The van der Waals surface area contributed by atoms with Gasteiger partial charge in [-0.2, -0.15) is 18.4 Å². The third kappa shape index (κ3) is 4.09. The molecule has 28 heavy (non-hydrogen) atoms. The van der Waals surface area contributed by atoms with Gasteiger partial charge in [0.2, 0.25) is 0 Å². The highest BCUT2D eigenvalue weighted by Gasteiger charge is 2.36. The van der Waals surface area contributed by atoms with Crippen LogP contribution in [-0.4, -0.2) is 26.2 Å². The van der Waals surface area contributed by atoms with Gasteiger partial charge in [0.25, 0.3) is 0 Å². The van der Waals surface area contributed by atoms with Crippen molar-refractivity contribution in [2.24, 2.45) is 0 Å². The number of allylic oxidation sites excluding steroid dienone is 2. The van der Waals surface area contributed by atoms with Crippen molar-refractivity contribution in [3.05, 3.63) is 63.4 Å². The van der Waals surface area contributed by atoms with Crippen LogP contribution in [0.4, 0.5) is 18.9 Å². The molecule has 0 fully saturated rings. The second-order valence-corrected chi connectivity index (χ2v) is 6.13. The number of nitrogens with zero attached hydrogens (tertiary/aromatic N) is 2. The van der Waals surface area contributed by atoms with E-state index in [0.717, 1.165) is 25.2 Å². The van der Waals surface area contributed by atoms with Gasteiger partial charge in [-0.1, -0.05) is 6.08 Å². The third-order valence-corrected chi connectivity index (χ3v) is 4.30. The third-order valence-electron chi connectivity index (χ3n) is 3.66. The molecule has 0 aromatic heterocycles. The summed E-state index contributed by atoms with van der Waals surface area (Å²) in [6.07, 6.45) is 0.574. The first-order chi connectivity index (χ1) is 13.1. The summed E-state index contributed by atoms with van der Waals surface area (Å²) in [5.41, 5.74) is -2.49. The van der Waals surface area contributed by atoms with Gasteiger partial charge < -0.3 is 14.4 Å². The van der Waals surface area contributed by atoms with E-state index in [0.29, 0.717) is 6.07 Å². The molecule has 0 saturated heterocycles. The zero-order valence-electron chi connectivity index (χ0n) is 14.5. The number of carbonyl (C=O) groups is 2. The number of carbonyl (C=O) groups excluding carboxylic acids is 2. The first kappa shape index (κ1) is 21.2. The number of hydrogen-bond acceptors (Lipinski definition) is 6. The van der Waals surface area contributed by atoms with Gasteiger partial charge in [0.15, 0.2) is 0 Å². The molecule has 1 aliphatic rings. The second kappa shape index (κ2) is 8.31. The van der Waals surface area contributed by atoms with Crippen molar-refractivity contribution in [2.75, 3.05) is 19.1 Å². The van der Waals surface area contributed by atoms with Crippen LogP contribution < -0.4 is 4.90 Å². The van der Waals surface area contributed by atoms with E-state index in [9.17, 15) is 22.8 Å². The maximum atomic E-state index is 13.4. The highest BCUT2D eigenvalue weighted by atomic mass is 79.9. The fourth-order valence-corrected chi connectivity index (χ4v) is 2.96. The Hall–Kier alpha value is -3.06. The van der Waals surface area contributed by atoms with Crippen molar-refractivity contribution in [2.45, 2.75) is 6.18 Å². The molecule has 0 atom stereocenters. The SMILES string of the molecule is COC(=O)C1=C(C(=O)OC)N(c2cc(C(F)(F)F)c(C#N)cc2Br)C=CC=C1.